The Balaban J connectivity index is 1.68. The number of benzene rings is 2. The van der Waals surface area contributed by atoms with Crippen molar-refractivity contribution in [3.63, 3.8) is 0 Å². The van der Waals surface area contributed by atoms with Crippen molar-refractivity contribution >= 4 is 33.2 Å². The fourth-order valence-corrected chi connectivity index (χ4v) is 4.30. The molecule has 2 amide bonds. The van der Waals surface area contributed by atoms with Crippen molar-refractivity contribution in [1.82, 2.24) is 9.21 Å². The van der Waals surface area contributed by atoms with E-state index in [0.717, 1.165) is 9.87 Å². The normalized spacial score (nSPS) is 13.7. The quantitative estimate of drug-likeness (QED) is 0.789. The van der Waals surface area contributed by atoms with E-state index in [9.17, 15) is 18.0 Å². The Hall–Kier alpha value is -2.97. The van der Waals surface area contributed by atoms with Gasteiger partial charge in [-0.1, -0.05) is 30.8 Å². The molecule has 1 N–H and O–H groups in total. The highest BCUT2D eigenvalue weighted by Gasteiger charge is 2.30. The number of carbonyl (C=O) groups is 2. The molecule has 0 saturated heterocycles. The van der Waals surface area contributed by atoms with Gasteiger partial charge in [0.15, 0.2) is 0 Å². The number of hydrogen-bond donors (Lipinski definition) is 1. The minimum atomic E-state index is -3.62. The Kier molecular flexibility index (Phi) is 5.59. The molecule has 0 radical (unpaired) electrons. The standard InChI is InChI=1S/C21H23N3O4S/c1-14-9-10-16(13-19(14)29(27,28)23(3)4)22-20(25)11-12-24-15(2)17-7-5-6-8-18(17)21(24)26/h5-10,13H,2,11-12H2,1,3-4H3,(H,22,25). The molecule has 2 aromatic rings. The van der Waals surface area contributed by atoms with Crippen LogP contribution in [-0.2, 0) is 14.8 Å². The molecule has 0 unspecified atom stereocenters. The molecule has 152 valence electrons. The fraction of sp³-hybridized carbons (Fsp3) is 0.238. The third-order valence-corrected chi connectivity index (χ3v) is 6.79. The topological polar surface area (TPSA) is 86.8 Å². The van der Waals surface area contributed by atoms with E-state index in [2.05, 4.69) is 11.9 Å². The Morgan fingerprint density at radius 1 is 1.14 bits per heavy atom. The fourth-order valence-electron chi connectivity index (χ4n) is 3.16. The largest absolute Gasteiger partial charge is 0.326 e. The summed E-state index contributed by atoms with van der Waals surface area (Å²) in [6, 6.07) is 11.9. The summed E-state index contributed by atoms with van der Waals surface area (Å²) in [6.07, 6.45) is 0.0579. The van der Waals surface area contributed by atoms with Crippen LogP contribution >= 0.6 is 0 Å². The van der Waals surface area contributed by atoms with E-state index in [1.807, 2.05) is 12.1 Å². The molecule has 8 heteroatoms. The highest BCUT2D eigenvalue weighted by Crippen LogP contribution is 2.31. The second-order valence-corrected chi connectivity index (χ2v) is 9.14. The van der Waals surface area contributed by atoms with Gasteiger partial charge in [-0.15, -0.1) is 0 Å². The minimum absolute atomic E-state index is 0.0579. The van der Waals surface area contributed by atoms with Gasteiger partial charge in [-0.05, 0) is 30.7 Å². The molecule has 1 heterocycles. The average Bonchev–Trinajstić information content (AvgIpc) is 2.92. The van der Waals surface area contributed by atoms with Gasteiger partial charge in [-0.3, -0.25) is 9.59 Å². The second-order valence-electron chi connectivity index (χ2n) is 7.01. The van der Waals surface area contributed by atoms with Crippen LogP contribution in [0.1, 0.15) is 27.9 Å². The molecule has 0 fully saturated rings. The Morgan fingerprint density at radius 2 is 1.79 bits per heavy atom. The van der Waals surface area contributed by atoms with Crippen LogP contribution in [0.5, 0.6) is 0 Å². The van der Waals surface area contributed by atoms with Gasteiger partial charge in [0.2, 0.25) is 15.9 Å². The maximum absolute atomic E-state index is 12.5. The molecule has 29 heavy (non-hydrogen) atoms. The summed E-state index contributed by atoms with van der Waals surface area (Å²) in [7, 11) is -0.706. The lowest BCUT2D eigenvalue weighted by Gasteiger charge is -2.17. The van der Waals surface area contributed by atoms with Gasteiger partial charge >= 0.3 is 0 Å². The monoisotopic (exact) mass is 413 g/mol. The van der Waals surface area contributed by atoms with Crippen LogP contribution < -0.4 is 5.32 Å². The molecule has 0 bridgehead atoms. The van der Waals surface area contributed by atoms with Crippen molar-refractivity contribution in [2.24, 2.45) is 0 Å². The van der Waals surface area contributed by atoms with Crippen LogP contribution in [0.3, 0.4) is 0 Å². The van der Waals surface area contributed by atoms with E-state index in [4.69, 9.17) is 0 Å². The lowest BCUT2D eigenvalue weighted by Crippen LogP contribution is -2.27. The van der Waals surface area contributed by atoms with Crippen LogP contribution in [0.25, 0.3) is 5.70 Å². The molecule has 0 spiro atoms. The Bertz CT molecular complexity index is 1070. The maximum Gasteiger partial charge on any atom is 0.258 e. The zero-order valence-electron chi connectivity index (χ0n) is 16.6. The highest BCUT2D eigenvalue weighted by molar-refractivity contribution is 7.89. The highest BCUT2D eigenvalue weighted by atomic mass is 32.2. The number of nitrogens with one attached hydrogen (secondary N) is 1. The lowest BCUT2D eigenvalue weighted by molar-refractivity contribution is -0.116. The lowest BCUT2D eigenvalue weighted by atomic mass is 10.1. The smallest absolute Gasteiger partial charge is 0.258 e. The maximum atomic E-state index is 12.5. The van der Waals surface area contributed by atoms with Crippen LogP contribution in [0.4, 0.5) is 5.69 Å². The number of sulfonamides is 1. The predicted octanol–water partition coefficient (Wildman–Crippen LogP) is 2.70. The van der Waals surface area contributed by atoms with Crippen LogP contribution in [-0.4, -0.2) is 50.1 Å². The number of aryl methyl sites for hydroxylation is 1. The van der Waals surface area contributed by atoms with Crippen molar-refractivity contribution in [1.29, 1.82) is 0 Å². The number of nitrogens with zero attached hydrogens (tertiary/aromatic N) is 2. The summed E-state index contributed by atoms with van der Waals surface area (Å²) in [4.78, 5) is 26.5. The third-order valence-electron chi connectivity index (χ3n) is 4.83. The van der Waals surface area contributed by atoms with Crippen LogP contribution in [0.15, 0.2) is 53.9 Å². The first kappa shape index (κ1) is 20.8. The van der Waals surface area contributed by atoms with Crippen molar-refractivity contribution in [3.05, 3.63) is 65.7 Å². The van der Waals surface area contributed by atoms with Gasteiger partial charge in [-0.2, -0.15) is 0 Å². The molecule has 3 rings (SSSR count). The van der Waals surface area contributed by atoms with Gasteiger partial charge in [0.05, 0.1) is 4.90 Å². The van der Waals surface area contributed by atoms with Gasteiger partial charge in [0, 0.05) is 49.6 Å². The molecular weight excluding hydrogens is 390 g/mol. The summed E-state index contributed by atoms with van der Waals surface area (Å²) in [6.45, 7) is 5.84. The molecular formula is C21H23N3O4S. The molecule has 2 aromatic carbocycles. The number of rotatable bonds is 6. The summed E-state index contributed by atoms with van der Waals surface area (Å²) in [5, 5.41) is 2.71. The van der Waals surface area contributed by atoms with Gasteiger partial charge < -0.3 is 10.2 Å². The van der Waals surface area contributed by atoms with Gasteiger partial charge in [0.25, 0.3) is 5.91 Å². The molecule has 0 saturated carbocycles. The first-order valence-corrected chi connectivity index (χ1v) is 10.5. The number of anilines is 1. The van der Waals surface area contributed by atoms with Crippen LogP contribution in [0, 0.1) is 6.92 Å². The molecule has 0 aliphatic carbocycles. The van der Waals surface area contributed by atoms with Gasteiger partial charge in [0.1, 0.15) is 0 Å². The molecule has 1 aliphatic rings. The van der Waals surface area contributed by atoms with Crippen molar-refractivity contribution < 1.29 is 18.0 Å². The summed E-state index contributed by atoms with van der Waals surface area (Å²) < 4.78 is 26.0. The average molecular weight is 413 g/mol. The van der Waals surface area contributed by atoms with Crippen molar-refractivity contribution in [3.8, 4) is 0 Å². The van der Waals surface area contributed by atoms with E-state index in [-0.39, 0.29) is 29.7 Å². The first-order valence-electron chi connectivity index (χ1n) is 9.06. The number of carbonyl (C=O) groups excluding carboxylic acids is 2. The van der Waals surface area contributed by atoms with E-state index < -0.39 is 10.0 Å². The third kappa shape index (κ3) is 3.94. The summed E-state index contributed by atoms with van der Waals surface area (Å²) in [5.74, 6) is -0.494. The van der Waals surface area contributed by atoms with E-state index in [1.165, 1.54) is 25.1 Å². The molecule has 0 atom stereocenters. The predicted molar refractivity (Wildman–Crippen MR) is 112 cm³/mol. The SMILES string of the molecule is C=C1c2ccccc2C(=O)N1CCC(=O)Nc1ccc(C)c(S(=O)(=O)N(C)C)c1. The zero-order valence-corrected chi connectivity index (χ0v) is 17.4. The summed E-state index contributed by atoms with van der Waals surface area (Å²) >= 11 is 0. The van der Waals surface area contributed by atoms with Gasteiger partial charge in [-0.25, -0.2) is 12.7 Å². The Morgan fingerprint density at radius 3 is 2.41 bits per heavy atom. The van der Waals surface area contributed by atoms with E-state index in [1.54, 1.807) is 31.2 Å². The second kappa shape index (κ2) is 7.81. The van der Waals surface area contributed by atoms with Crippen LogP contribution in [0.2, 0.25) is 0 Å². The Labute approximate surface area is 170 Å². The summed E-state index contributed by atoms with van der Waals surface area (Å²) in [5.41, 5.74) is 2.90. The van der Waals surface area contributed by atoms with E-state index in [0.29, 0.717) is 22.5 Å². The zero-order chi connectivity index (χ0) is 21.3. The molecule has 0 aromatic heterocycles. The number of fused-ring (bicyclic) bond motifs is 1. The number of amides is 2. The first-order chi connectivity index (χ1) is 13.6. The number of hydrogen-bond acceptors (Lipinski definition) is 4. The van der Waals surface area contributed by atoms with Crippen molar-refractivity contribution in [2.75, 3.05) is 26.0 Å². The minimum Gasteiger partial charge on any atom is -0.326 e. The molecule has 7 nitrogen and oxygen atoms in total. The van der Waals surface area contributed by atoms with Crippen molar-refractivity contribution in [2.45, 2.75) is 18.2 Å². The molecule has 1 aliphatic heterocycles. The van der Waals surface area contributed by atoms with E-state index >= 15 is 0 Å².